The van der Waals surface area contributed by atoms with E-state index in [0.29, 0.717) is 18.7 Å². The van der Waals surface area contributed by atoms with Crippen LogP contribution in [-0.2, 0) is 24.9 Å². The van der Waals surface area contributed by atoms with E-state index in [9.17, 15) is 19.7 Å². The summed E-state index contributed by atoms with van der Waals surface area (Å²) in [6.45, 7) is 4.24. The summed E-state index contributed by atoms with van der Waals surface area (Å²) >= 11 is 0. The number of nitro benzene ring substituents is 1. The van der Waals surface area contributed by atoms with Crippen molar-refractivity contribution in [3.8, 4) is 0 Å². The molecule has 2 amide bonds. The summed E-state index contributed by atoms with van der Waals surface area (Å²) in [5.74, 6) is -0.0254. The summed E-state index contributed by atoms with van der Waals surface area (Å²) < 4.78 is 7.38. The average Bonchev–Trinajstić information content (AvgIpc) is 3.47. The molecule has 174 valence electrons. The Morgan fingerprint density at radius 1 is 1.15 bits per heavy atom. The molecule has 2 aromatic heterocycles. The Hall–Kier alpha value is -3.88. The number of hydrogen-bond donors (Lipinski definition) is 0. The highest BCUT2D eigenvalue weighted by Crippen LogP contribution is 2.18. The number of furan rings is 1. The van der Waals surface area contributed by atoms with Crippen LogP contribution in [0.25, 0.3) is 0 Å². The van der Waals surface area contributed by atoms with Gasteiger partial charge in [-0.2, -0.15) is 0 Å². The van der Waals surface area contributed by atoms with Crippen molar-refractivity contribution in [1.29, 1.82) is 0 Å². The molecular formula is C24H28N4O5. The minimum absolute atomic E-state index is 0.151. The third kappa shape index (κ3) is 5.88. The Labute approximate surface area is 192 Å². The van der Waals surface area contributed by atoms with Gasteiger partial charge in [-0.25, -0.2) is 0 Å². The quantitative estimate of drug-likeness (QED) is 0.342. The molecule has 0 N–H and O–H groups in total. The van der Waals surface area contributed by atoms with Gasteiger partial charge < -0.3 is 18.8 Å². The zero-order valence-corrected chi connectivity index (χ0v) is 19.0. The number of nitro groups is 1. The topological polar surface area (TPSA) is 102 Å². The van der Waals surface area contributed by atoms with E-state index in [1.54, 1.807) is 23.3 Å². The minimum Gasteiger partial charge on any atom is -0.467 e. The van der Waals surface area contributed by atoms with E-state index >= 15 is 0 Å². The second-order valence-corrected chi connectivity index (χ2v) is 7.94. The summed E-state index contributed by atoms with van der Waals surface area (Å²) in [6.07, 6.45) is 4.09. The van der Waals surface area contributed by atoms with E-state index in [1.165, 1.54) is 29.2 Å². The van der Waals surface area contributed by atoms with Crippen molar-refractivity contribution < 1.29 is 18.9 Å². The van der Waals surface area contributed by atoms with E-state index in [0.717, 1.165) is 5.69 Å². The molecule has 9 heteroatoms. The zero-order valence-electron chi connectivity index (χ0n) is 19.0. The summed E-state index contributed by atoms with van der Waals surface area (Å²) in [7, 11) is 1.90. The standard InChI is InChI=1S/C24H28N4O5/c1-4-18(2)27(24(30)19-8-5-9-20(14-19)28(31)32)17-23(29)26(16-22-11-7-13-33-22)15-21-10-6-12-25(21)3/h5-14,18H,4,15-17H2,1-3H3. The summed E-state index contributed by atoms with van der Waals surface area (Å²) in [6, 6.07) is 12.7. The van der Waals surface area contributed by atoms with Crippen LogP contribution in [0.3, 0.4) is 0 Å². The van der Waals surface area contributed by atoms with Crippen LogP contribution < -0.4 is 0 Å². The van der Waals surface area contributed by atoms with Gasteiger partial charge in [-0.15, -0.1) is 0 Å². The first-order chi connectivity index (χ1) is 15.8. The van der Waals surface area contributed by atoms with E-state index in [-0.39, 0.29) is 36.3 Å². The number of carbonyl (C=O) groups excluding carboxylic acids is 2. The predicted octanol–water partition coefficient (Wildman–Crippen LogP) is 4.00. The number of rotatable bonds is 10. The molecule has 3 rings (SSSR count). The molecule has 3 aromatic rings. The maximum atomic E-state index is 13.4. The van der Waals surface area contributed by atoms with Crippen LogP contribution in [0.5, 0.6) is 0 Å². The lowest BCUT2D eigenvalue weighted by atomic mass is 10.1. The molecule has 0 aliphatic carbocycles. The first kappa shape index (κ1) is 23.8. The highest BCUT2D eigenvalue weighted by atomic mass is 16.6. The molecular weight excluding hydrogens is 424 g/mol. The molecule has 1 atom stereocenters. The van der Waals surface area contributed by atoms with E-state index in [1.807, 2.05) is 43.8 Å². The second-order valence-electron chi connectivity index (χ2n) is 7.94. The van der Waals surface area contributed by atoms with Gasteiger partial charge in [0.05, 0.1) is 24.3 Å². The largest absolute Gasteiger partial charge is 0.467 e. The first-order valence-corrected chi connectivity index (χ1v) is 10.8. The Morgan fingerprint density at radius 2 is 1.94 bits per heavy atom. The molecule has 0 aliphatic heterocycles. The van der Waals surface area contributed by atoms with E-state index in [2.05, 4.69) is 0 Å². The molecule has 2 heterocycles. The van der Waals surface area contributed by atoms with Crippen molar-refractivity contribution in [3.63, 3.8) is 0 Å². The highest BCUT2D eigenvalue weighted by Gasteiger charge is 2.27. The third-order valence-electron chi connectivity index (χ3n) is 5.68. The van der Waals surface area contributed by atoms with Crippen molar-refractivity contribution >= 4 is 17.5 Å². The van der Waals surface area contributed by atoms with Crippen LogP contribution >= 0.6 is 0 Å². The zero-order chi connectivity index (χ0) is 24.0. The van der Waals surface area contributed by atoms with Crippen LogP contribution in [0.2, 0.25) is 0 Å². The molecule has 0 saturated carbocycles. The SMILES string of the molecule is CCC(C)N(CC(=O)N(Cc1ccco1)Cc1cccn1C)C(=O)c1cccc([N+](=O)[O-])c1. The molecule has 9 nitrogen and oxygen atoms in total. The van der Waals surface area contributed by atoms with Crippen LogP contribution in [0.1, 0.15) is 42.1 Å². The van der Waals surface area contributed by atoms with Gasteiger partial charge in [-0.3, -0.25) is 19.7 Å². The van der Waals surface area contributed by atoms with Crippen LogP contribution in [0.4, 0.5) is 5.69 Å². The lowest BCUT2D eigenvalue weighted by Crippen LogP contribution is -2.46. The Kier molecular flexibility index (Phi) is 7.66. The number of benzene rings is 1. The highest BCUT2D eigenvalue weighted by molar-refractivity contribution is 5.97. The van der Waals surface area contributed by atoms with Gasteiger partial charge in [0.2, 0.25) is 5.91 Å². The number of carbonyl (C=O) groups is 2. The molecule has 0 bridgehead atoms. The Morgan fingerprint density at radius 3 is 2.55 bits per heavy atom. The summed E-state index contributed by atoms with van der Waals surface area (Å²) in [5, 5.41) is 11.1. The number of nitrogens with zero attached hydrogens (tertiary/aromatic N) is 4. The van der Waals surface area contributed by atoms with E-state index in [4.69, 9.17) is 4.42 Å². The normalized spacial score (nSPS) is 11.7. The lowest BCUT2D eigenvalue weighted by Gasteiger charge is -2.31. The van der Waals surface area contributed by atoms with Crippen LogP contribution in [0, 0.1) is 10.1 Å². The fourth-order valence-corrected chi connectivity index (χ4v) is 3.49. The minimum atomic E-state index is -0.541. The summed E-state index contributed by atoms with van der Waals surface area (Å²) in [5.41, 5.74) is 0.951. The number of non-ortho nitro benzene ring substituents is 1. The number of aryl methyl sites for hydroxylation is 1. The molecule has 0 aliphatic rings. The first-order valence-electron chi connectivity index (χ1n) is 10.8. The predicted molar refractivity (Wildman–Crippen MR) is 122 cm³/mol. The maximum absolute atomic E-state index is 13.4. The van der Waals surface area contributed by atoms with Gasteiger partial charge in [0, 0.05) is 42.7 Å². The Balaban J connectivity index is 1.85. The van der Waals surface area contributed by atoms with Gasteiger partial charge in [0.25, 0.3) is 11.6 Å². The molecule has 1 unspecified atom stereocenters. The third-order valence-corrected chi connectivity index (χ3v) is 5.68. The maximum Gasteiger partial charge on any atom is 0.270 e. The van der Waals surface area contributed by atoms with E-state index < -0.39 is 10.8 Å². The van der Waals surface area contributed by atoms with Gasteiger partial charge in [-0.1, -0.05) is 13.0 Å². The van der Waals surface area contributed by atoms with Gasteiger partial charge in [0.15, 0.2) is 0 Å². The van der Waals surface area contributed by atoms with Crippen molar-refractivity contribution in [2.75, 3.05) is 6.54 Å². The van der Waals surface area contributed by atoms with Crippen molar-refractivity contribution in [3.05, 3.63) is 88.1 Å². The summed E-state index contributed by atoms with van der Waals surface area (Å²) in [4.78, 5) is 40.4. The monoisotopic (exact) mass is 452 g/mol. The lowest BCUT2D eigenvalue weighted by molar-refractivity contribution is -0.384. The van der Waals surface area contributed by atoms with Crippen LogP contribution in [0.15, 0.2) is 65.4 Å². The molecule has 1 aromatic carbocycles. The average molecular weight is 453 g/mol. The van der Waals surface area contributed by atoms with Crippen LogP contribution in [-0.4, -0.2) is 43.7 Å². The fraction of sp³-hybridized carbons (Fsp3) is 0.333. The molecule has 0 spiro atoms. The molecule has 0 radical (unpaired) electrons. The smallest absolute Gasteiger partial charge is 0.270 e. The van der Waals surface area contributed by atoms with Gasteiger partial charge in [-0.05, 0) is 43.7 Å². The Bertz CT molecular complexity index is 1110. The molecule has 33 heavy (non-hydrogen) atoms. The number of amides is 2. The molecule has 0 fully saturated rings. The molecule has 0 saturated heterocycles. The van der Waals surface area contributed by atoms with Gasteiger partial charge in [0.1, 0.15) is 12.3 Å². The van der Waals surface area contributed by atoms with Crippen molar-refractivity contribution in [2.24, 2.45) is 7.05 Å². The number of hydrogen-bond acceptors (Lipinski definition) is 5. The van der Waals surface area contributed by atoms with Crippen molar-refractivity contribution in [2.45, 2.75) is 39.4 Å². The number of aromatic nitrogens is 1. The van der Waals surface area contributed by atoms with Gasteiger partial charge >= 0.3 is 0 Å². The second kappa shape index (κ2) is 10.6. The van der Waals surface area contributed by atoms with Crippen molar-refractivity contribution in [1.82, 2.24) is 14.4 Å². The fourth-order valence-electron chi connectivity index (χ4n) is 3.49.